The maximum atomic E-state index is 10.9. The molecule has 2 unspecified atom stereocenters. The number of likely N-dealkylation sites (tertiary alicyclic amines) is 1. The molecule has 1 saturated heterocycles. The molecule has 0 radical (unpaired) electrons. The summed E-state index contributed by atoms with van der Waals surface area (Å²) in [6, 6.07) is 0. The topological polar surface area (TPSA) is 40.5 Å². The van der Waals surface area contributed by atoms with Gasteiger partial charge in [-0.25, -0.2) is 0 Å². The minimum atomic E-state index is -0.317. The van der Waals surface area contributed by atoms with Gasteiger partial charge in [-0.05, 0) is 12.3 Å². The summed E-state index contributed by atoms with van der Waals surface area (Å²) in [6.45, 7) is 4.91. The zero-order valence-corrected chi connectivity index (χ0v) is 7.08. The SMILES string of the molecule is CC(=O)N1CC(C)CC(O)C1. The standard InChI is InChI=1S/C8H15NO2/c1-6-3-8(11)5-9(4-6)7(2)10/h6,8,11H,3-5H2,1-2H3. The molecular weight excluding hydrogens is 142 g/mol. The first kappa shape index (κ1) is 8.53. The highest BCUT2D eigenvalue weighted by Crippen LogP contribution is 2.15. The second-order valence-electron chi connectivity index (χ2n) is 3.42. The van der Waals surface area contributed by atoms with E-state index in [1.807, 2.05) is 0 Å². The number of piperidine rings is 1. The Morgan fingerprint density at radius 2 is 2.18 bits per heavy atom. The van der Waals surface area contributed by atoms with E-state index in [4.69, 9.17) is 0 Å². The normalized spacial score (nSPS) is 32.1. The molecule has 3 heteroatoms. The van der Waals surface area contributed by atoms with E-state index in [0.29, 0.717) is 12.5 Å². The van der Waals surface area contributed by atoms with E-state index in [0.717, 1.165) is 13.0 Å². The monoisotopic (exact) mass is 157 g/mol. The number of β-amino-alcohol motifs (C(OH)–C–C–N with tert-alkyl or cyclic N) is 1. The maximum absolute atomic E-state index is 10.9. The van der Waals surface area contributed by atoms with Crippen molar-refractivity contribution < 1.29 is 9.90 Å². The van der Waals surface area contributed by atoms with E-state index >= 15 is 0 Å². The molecule has 0 aromatic heterocycles. The van der Waals surface area contributed by atoms with E-state index in [1.165, 1.54) is 0 Å². The van der Waals surface area contributed by atoms with Crippen molar-refractivity contribution in [3.63, 3.8) is 0 Å². The third-order valence-electron chi connectivity index (χ3n) is 2.08. The number of aliphatic hydroxyl groups excluding tert-OH is 1. The van der Waals surface area contributed by atoms with Crippen LogP contribution in [0.1, 0.15) is 20.3 Å². The molecular formula is C8H15NO2. The first-order valence-corrected chi connectivity index (χ1v) is 4.03. The van der Waals surface area contributed by atoms with Crippen LogP contribution in [0.2, 0.25) is 0 Å². The first-order valence-electron chi connectivity index (χ1n) is 4.03. The molecule has 0 aromatic rings. The summed E-state index contributed by atoms with van der Waals surface area (Å²) in [7, 11) is 0. The highest BCUT2D eigenvalue weighted by Gasteiger charge is 2.24. The molecule has 1 rings (SSSR count). The van der Waals surface area contributed by atoms with Gasteiger partial charge in [0.1, 0.15) is 0 Å². The highest BCUT2D eigenvalue weighted by atomic mass is 16.3. The van der Waals surface area contributed by atoms with Gasteiger partial charge in [-0.15, -0.1) is 0 Å². The Balaban J connectivity index is 2.49. The highest BCUT2D eigenvalue weighted by molar-refractivity contribution is 5.73. The number of aliphatic hydroxyl groups is 1. The fraction of sp³-hybridized carbons (Fsp3) is 0.875. The third-order valence-corrected chi connectivity index (χ3v) is 2.08. The molecule has 0 bridgehead atoms. The van der Waals surface area contributed by atoms with Crippen LogP contribution < -0.4 is 0 Å². The Bertz CT molecular complexity index is 148. The molecule has 0 spiro atoms. The zero-order chi connectivity index (χ0) is 8.43. The fourth-order valence-electron chi connectivity index (χ4n) is 1.58. The van der Waals surface area contributed by atoms with E-state index < -0.39 is 0 Å². The molecule has 1 N–H and O–H groups in total. The van der Waals surface area contributed by atoms with Crippen LogP contribution in [-0.2, 0) is 4.79 Å². The number of carbonyl (C=O) groups excluding carboxylic acids is 1. The number of carbonyl (C=O) groups is 1. The minimum absolute atomic E-state index is 0.0654. The summed E-state index contributed by atoms with van der Waals surface area (Å²) >= 11 is 0. The molecule has 3 nitrogen and oxygen atoms in total. The summed E-state index contributed by atoms with van der Waals surface area (Å²) < 4.78 is 0. The van der Waals surface area contributed by atoms with Crippen LogP contribution in [0.5, 0.6) is 0 Å². The Hall–Kier alpha value is -0.570. The largest absolute Gasteiger partial charge is 0.391 e. The quantitative estimate of drug-likeness (QED) is 0.547. The van der Waals surface area contributed by atoms with Crippen LogP contribution >= 0.6 is 0 Å². The van der Waals surface area contributed by atoms with Crippen LogP contribution in [-0.4, -0.2) is 35.1 Å². The Morgan fingerprint density at radius 1 is 1.55 bits per heavy atom. The molecule has 11 heavy (non-hydrogen) atoms. The molecule has 1 aliphatic rings. The van der Waals surface area contributed by atoms with Gasteiger partial charge in [-0.2, -0.15) is 0 Å². The molecule has 1 fully saturated rings. The predicted octanol–water partition coefficient (Wildman–Crippen LogP) is 0.236. The van der Waals surface area contributed by atoms with Crippen molar-refractivity contribution in [3.05, 3.63) is 0 Å². The van der Waals surface area contributed by atoms with Crippen molar-refractivity contribution >= 4 is 5.91 Å². The van der Waals surface area contributed by atoms with Gasteiger partial charge in [0.15, 0.2) is 0 Å². The van der Waals surface area contributed by atoms with Gasteiger partial charge in [-0.3, -0.25) is 4.79 Å². The predicted molar refractivity (Wildman–Crippen MR) is 42.0 cm³/mol. The zero-order valence-electron chi connectivity index (χ0n) is 7.08. The fourth-order valence-corrected chi connectivity index (χ4v) is 1.58. The summed E-state index contributed by atoms with van der Waals surface area (Å²) in [5, 5.41) is 9.30. The van der Waals surface area contributed by atoms with Gasteiger partial charge in [-0.1, -0.05) is 6.92 Å². The lowest BCUT2D eigenvalue weighted by Crippen LogP contribution is -2.44. The number of hydrogen-bond donors (Lipinski definition) is 1. The summed E-state index contributed by atoms with van der Waals surface area (Å²) in [4.78, 5) is 12.6. The summed E-state index contributed by atoms with van der Waals surface area (Å²) in [5.74, 6) is 0.498. The molecule has 0 aliphatic carbocycles. The lowest BCUT2D eigenvalue weighted by Gasteiger charge is -2.33. The molecule has 64 valence electrons. The van der Waals surface area contributed by atoms with Crippen molar-refractivity contribution in [3.8, 4) is 0 Å². The smallest absolute Gasteiger partial charge is 0.219 e. The van der Waals surface area contributed by atoms with E-state index in [1.54, 1.807) is 11.8 Å². The van der Waals surface area contributed by atoms with Gasteiger partial charge < -0.3 is 10.0 Å². The Morgan fingerprint density at radius 3 is 2.64 bits per heavy atom. The summed E-state index contributed by atoms with van der Waals surface area (Å²) in [6.07, 6.45) is 0.506. The van der Waals surface area contributed by atoms with Crippen LogP contribution in [0, 0.1) is 5.92 Å². The second kappa shape index (κ2) is 3.22. The van der Waals surface area contributed by atoms with Crippen molar-refractivity contribution in [2.24, 2.45) is 5.92 Å². The molecule has 1 amide bonds. The van der Waals surface area contributed by atoms with Crippen LogP contribution in [0.25, 0.3) is 0 Å². The number of amides is 1. The first-order chi connectivity index (χ1) is 5.09. The maximum Gasteiger partial charge on any atom is 0.219 e. The van der Waals surface area contributed by atoms with Crippen molar-refractivity contribution in [1.29, 1.82) is 0 Å². The van der Waals surface area contributed by atoms with E-state index in [2.05, 4.69) is 6.92 Å². The van der Waals surface area contributed by atoms with Gasteiger partial charge in [0.05, 0.1) is 6.10 Å². The summed E-state index contributed by atoms with van der Waals surface area (Å²) in [5.41, 5.74) is 0. The lowest BCUT2D eigenvalue weighted by molar-refractivity contribution is -0.133. The number of rotatable bonds is 0. The number of nitrogens with zero attached hydrogens (tertiary/aromatic N) is 1. The average molecular weight is 157 g/mol. The van der Waals surface area contributed by atoms with Crippen molar-refractivity contribution in [2.75, 3.05) is 13.1 Å². The molecule has 2 atom stereocenters. The van der Waals surface area contributed by atoms with Gasteiger partial charge in [0, 0.05) is 20.0 Å². The van der Waals surface area contributed by atoms with Gasteiger partial charge in [0.25, 0.3) is 0 Å². The van der Waals surface area contributed by atoms with Crippen molar-refractivity contribution in [1.82, 2.24) is 4.90 Å². The van der Waals surface area contributed by atoms with Crippen LogP contribution in [0.15, 0.2) is 0 Å². The average Bonchev–Trinajstić information content (AvgIpc) is 1.85. The molecule has 0 aromatic carbocycles. The van der Waals surface area contributed by atoms with Gasteiger partial charge >= 0.3 is 0 Å². The van der Waals surface area contributed by atoms with E-state index in [9.17, 15) is 9.90 Å². The van der Waals surface area contributed by atoms with Crippen molar-refractivity contribution in [2.45, 2.75) is 26.4 Å². The Labute approximate surface area is 67.0 Å². The van der Waals surface area contributed by atoms with Crippen LogP contribution in [0.3, 0.4) is 0 Å². The van der Waals surface area contributed by atoms with E-state index in [-0.39, 0.29) is 12.0 Å². The molecule has 1 aliphatic heterocycles. The lowest BCUT2D eigenvalue weighted by atomic mass is 9.98. The van der Waals surface area contributed by atoms with Crippen LogP contribution in [0.4, 0.5) is 0 Å². The number of hydrogen-bond acceptors (Lipinski definition) is 2. The van der Waals surface area contributed by atoms with Gasteiger partial charge in [0.2, 0.25) is 5.91 Å². The second-order valence-corrected chi connectivity index (χ2v) is 3.42. The Kier molecular flexibility index (Phi) is 2.49. The third kappa shape index (κ3) is 2.19. The molecule has 0 saturated carbocycles. The minimum Gasteiger partial charge on any atom is -0.391 e. The molecule has 1 heterocycles.